The summed E-state index contributed by atoms with van der Waals surface area (Å²) in [7, 11) is 0. The molecular formula is C13H17NO3. The van der Waals surface area contributed by atoms with E-state index in [2.05, 4.69) is 5.32 Å². The van der Waals surface area contributed by atoms with Gasteiger partial charge >= 0.3 is 6.09 Å². The van der Waals surface area contributed by atoms with Crippen molar-refractivity contribution in [3.8, 4) is 0 Å². The van der Waals surface area contributed by atoms with Gasteiger partial charge in [-0.1, -0.05) is 30.3 Å². The number of aliphatic hydroxyl groups excluding tert-OH is 1. The van der Waals surface area contributed by atoms with Crippen LogP contribution in [0.15, 0.2) is 30.3 Å². The lowest BCUT2D eigenvalue weighted by Crippen LogP contribution is -2.33. The zero-order valence-corrected chi connectivity index (χ0v) is 9.63. The molecule has 0 bridgehead atoms. The molecule has 0 spiro atoms. The molecule has 92 valence electrons. The van der Waals surface area contributed by atoms with E-state index in [9.17, 15) is 9.90 Å². The highest BCUT2D eigenvalue weighted by Gasteiger charge is 2.24. The van der Waals surface area contributed by atoms with Gasteiger partial charge in [-0.3, -0.25) is 0 Å². The standard InChI is InChI=1S/C13H17NO3/c15-12-7-6-11(8-12)14-13(16)17-9-10-4-2-1-3-5-10/h1-5,11-12,15H,6-9H2,(H,14,16). The van der Waals surface area contributed by atoms with Gasteiger partial charge < -0.3 is 15.2 Å². The Hall–Kier alpha value is -1.55. The highest BCUT2D eigenvalue weighted by atomic mass is 16.5. The maximum Gasteiger partial charge on any atom is 0.407 e. The lowest BCUT2D eigenvalue weighted by Gasteiger charge is -2.12. The van der Waals surface area contributed by atoms with Gasteiger partial charge in [0.05, 0.1) is 6.10 Å². The summed E-state index contributed by atoms with van der Waals surface area (Å²) in [6, 6.07) is 9.60. The highest BCUT2D eigenvalue weighted by Crippen LogP contribution is 2.18. The lowest BCUT2D eigenvalue weighted by molar-refractivity contribution is 0.134. The Morgan fingerprint density at radius 2 is 2.12 bits per heavy atom. The molecule has 2 rings (SSSR count). The molecule has 0 heterocycles. The third kappa shape index (κ3) is 3.75. The highest BCUT2D eigenvalue weighted by molar-refractivity contribution is 5.67. The predicted octanol–water partition coefficient (Wildman–Crippen LogP) is 1.83. The van der Waals surface area contributed by atoms with Crippen molar-refractivity contribution in [2.45, 2.75) is 38.0 Å². The quantitative estimate of drug-likeness (QED) is 0.840. The van der Waals surface area contributed by atoms with Crippen molar-refractivity contribution in [3.63, 3.8) is 0 Å². The van der Waals surface area contributed by atoms with Crippen molar-refractivity contribution < 1.29 is 14.6 Å². The molecule has 4 nitrogen and oxygen atoms in total. The van der Waals surface area contributed by atoms with E-state index in [-0.39, 0.29) is 18.8 Å². The van der Waals surface area contributed by atoms with E-state index in [1.165, 1.54) is 0 Å². The van der Waals surface area contributed by atoms with Gasteiger partial charge in [0, 0.05) is 6.04 Å². The zero-order chi connectivity index (χ0) is 12.1. The Morgan fingerprint density at radius 3 is 2.76 bits per heavy atom. The van der Waals surface area contributed by atoms with Gasteiger partial charge in [-0.2, -0.15) is 0 Å². The molecule has 0 radical (unpaired) electrons. The molecular weight excluding hydrogens is 218 g/mol. The van der Waals surface area contributed by atoms with E-state index < -0.39 is 6.09 Å². The van der Waals surface area contributed by atoms with Crippen LogP contribution < -0.4 is 5.32 Å². The van der Waals surface area contributed by atoms with Crippen molar-refractivity contribution >= 4 is 6.09 Å². The van der Waals surface area contributed by atoms with Gasteiger partial charge in [-0.05, 0) is 24.8 Å². The molecule has 0 aliphatic heterocycles. The Bertz CT molecular complexity index is 366. The number of benzene rings is 1. The maximum atomic E-state index is 11.5. The molecule has 0 saturated heterocycles. The van der Waals surface area contributed by atoms with E-state index in [1.807, 2.05) is 30.3 Å². The third-order valence-corrected chi connectivity index (χ3v) is 2.94. The minimum Gasteiger partial charge on any atom is -0.445 e. The Morgan fingerprint density at radius 1 is 1.35 bits per heavy atom. The van der Waals surface area contributed by atoms with Crippen molar-refractivity contribution in [3.05, 3.63) is 35.9 Å². The first-order valence-electron chi connectivity index (χ1n) is 5.89. The molecule has 1 aliphatic rings. The number of ether oxygens (including phenoxy) is 1. The fourth-order valence-corrected chi connectivity index (χ4v) is 2.02. The molecule has 17 heavy (non-hydrogen) atoms. The van der Waals surface area contributed by atoms with Gasteiger partial charge in [-0.15, -0.1) is 0 Å². The van der Waals surface area contributed by atoms with Crippen molar-refractivity contribution in [2.24, 2.45) is 0 Å². The molecule has 1 saturated carbocycles. The molecule has 0 aromatic heterocycles. The maximum absolute atomic E-state index is 11.5. The largest absolute Gasteiger partial charge is 0.445 e. The van der Waals surface area contributed by atoms with E-state index >= 15 is 0 Å². The van der Waals surface area contributed by atoms with Crippen LogP contribution in [0.1, 0.15) is 24.8 Å². The molecule has 1 amide bonds. The minimum absolute atomic E-state index is 0.0493. The van der Waals surface area contributed by atoms with Gasteiger partial charge in [0.1, 0.15) is 6.61 Å². The number of nitrogens with one attached hydrogen (secondary N) is 1. The Kier molecular flexibility index (Phi) is 3.98. The van der Waals surface area contributed by atoms with Crippen LogP contribution >= 0.6 is 0 Å². The summed E-state index contributed by atoms with van der Waals surface area (Å²) in [4.78, 5) is 11.5. The normalized spacial score (nSPS) is 23.4. The summed E-state index contributed by atoms with van der Waals surface area (Å²) < 4.78 is 5.09. The number of carbonyl (C=O) groups excluding carboxylic acids is 1. The van der Waals surface area contributed by atoms with Crippen LogP contribution in [-0.4, -0.2) is 23.3 Å². The van der Waals surface area contributed by atoms with E-state index in [0.717, 1.165) is 18.4 Å². The average molecular weight is 235 g/mol. The Labute approximate surface area is 101 Å². The summed E-state index contributed by atoms with van der Waals surface area (Å²) in [5.74, 6) is 0. The van der Waals surface area contributed by atoms with Crippen LogP contribution in [0.3, 0.4) is 0 Å². The van der Waals surface area contributed by atoms with Crippen LogP contribution in [-0.2, 0) is 11.3 Å². The summed E-state index contributed by atoms with van der Waals surface area (Å²) in [6.07, 6.45) is 1.51. The second-order valence-corrected chi connectivity index (χ2v) is 4.37. The Balaban J connectivity index is 1.71. The molecule has 2 atom stereocenters. The van der Waals surface area contributed by atoms with Crippen molar-refractivity contribution in [1.29, 1.82) is 0 Å². The van der Waals surface area contributed by atoms with Crippen LogP contribution in [0, 0.1) is 0 Å². The fourth-order valence-electron chi connectivity index (χ4n) is 2.02. The summed E-state index contributed by atoms with van der Waals surface area (Å²) in [6.45, 7) is 0.280. The fraction of sp³-hybridized carbons (Fsp3) is 0.462. The summed E-state index contributed by atoms with van der Waals surface area (Å²) in [5.41, 5.74) is 0.967. The van der Waals surface area contributed by atoms with Crippen LogP contribution in [0.4, 0.5) is 4.79 Å². The average Bonchev–Trinajstić information content (AvgIpc) is 2.73. The summed E-state index contributed by atoms with van der Waals surface area (Å²) >= 11 is 0. The van der Waals surface area contributed by atoms with Crippen LogP contribution in [0.25, 0.3) is 0 Å². The molecule has 2 unspecified atom stereocenters. The first kappa shape index (κ1) is 11.9. The monoisotopic (exact) mass is 235 g/mol. The molecule has 1 aromatic rings. The van der Waals surface area contributed by atoms with E-state index in [1.54, 1.807) is 0 Å². The molecule has 4 heteroatoms. The number of aliphatic hydroxyl groups is 1. The van der Waals surface area contributed by atoms with Crippen molar-refractivity contribution in [2.75, 3.05) is 0 Å². The van der Waals surface area contributed by atoms with Gasteiger partial charge in [0.2, 0.25) is 0 Å². The van der Waals surface area contributed by atoms with Crippen LogP contribution in [0.5, 0.6) is 0 Å². The number of hydrogen-bond donors (Lipinski definition) is 2. The predicted molar refractivity (Wildman–Crippen MR) is 63.4 cm³/mol. The topological polar surface area (TPSA) is 58.6 Å². The van der Waals surface area contributed by atoms with E-state index in [0.29, 0.717) is 6.42 Å². The summed E-state index contributed by atoms with van der Waals surface area (Å²) in [5, 5.41) is 12.1. The van der Waals surface area contributed by atoms with Crippen LogP contribution in [0.2, 0.25) is 0 Å². The van der Waals surface area contributed by atoms with Gasteiger partial charge in [0.15, 0.2) is 0 Å². The first-order valence-corrected chi connectivity index (χ1v) is 5.89. The second kappa shape index (κ2) is 5.68. The smallest absolute Gasteiger partial charge is 0.407 e. The molecule has 2 N–H and O–H groups in total. The minimum atomic E-state index is -0.409. The third-order valence-electron chi connectivity index (χ3n) is 2.94. The number of rotatable bonds is 3. The first-order chi connectivity index (χ1) is 8.24. The number of amides is 1. The number of carbonyl (C=O) groups is 1. The second-order valence-electron chi connectivity index (χ2n) is 4.37. The van der Waals surface area contributed by atoms with E-state index in [4.69, 9.17) is 4.74 Å². The lowest BCUT2D eigenvalue weighted by atomic mass is 10.2. The SMILES string of the molecule is O=C(NC1CCC(O)C1)OCc1ccccc1. The number of hydrogen-bond acceptors (Lipinski definition) is 3. The van der Waals surface area contributed by atoms with Gasteiger partial charge in [-0.25, -0.2) is 4.79 Å². The molecule has 1 aromatic carbocycles. The molecule has 1 aliphatic carbocycles. The number of alkyl carbamates (subject to hydrolysis) is 1. The molecule has 1 fully saturated rings. The van der Waals surface area contributed by atoms with Crippen molar-refractivity contribution in [1.82, 2.24) is 5.32 Å². The van der Waals surface area contributed by atoms with Gasteiger partial charge in [0.25, 0.3) is 0 Å². The zero-order valence-electron chi connectivity index (χ0n) is 9.63.